The van der Waals surface area contributed by atoms with E-state index in [2.05, 4.69) is 11.9 Å². The molecule has 0 bridgehead atoms. The van der Waals surface area contributed by atoms with E-state index in [4.69, 9.17) is 0 Å². The van der Waals surface area contributed by atoms with Crippen LogP contribution in [0.25, 0.3) is 0 Å². The van der Waals surface area contributed by atoms with Crippen molar-refractivity contribution >= 4 is 5.82 Å². The molecule has 1 aromatic heterocycles. The third-order valence-electron chi connectivity index (χ3n) is 2.15. The third-order valence-corrected chi connectivity index (χ3v) is 2.15. The van der Waals surface area contributed by atoms with Crippen molar-refractivity contribution in [2.75, 3.05) is 0 Å². The molecule has 0 aliphatic rings. The van der Waals surface area contributed by atoms with Crippen LogP contribution >= 0.6 is 0 Å². The smallest absolute Gasteiger partial charge is 0.358 e. The molecular formula is C9H15N3O2. The summed E-state index contributed by atoms with van der Waals surface area (Å²) in [5.74, 6) is 0.659. The van der Waals surface area contributed by atoms with E-state index in [0.29, 0.717) is 5.82 Å². The van der Waals surface area contributed by atoms with Crippen LogP contribution in [0.5, 0.6) is 0 Å². The van der Waals surface area contributed by atoms with E-state index in [9.17, 15) is 10.1 Å². The SMILES string of the molecule is CCCCCn1cc([N+](=O)[O-])nc1C. The molecule has 0 saturated carbocycles. The molecule has 0 aliphatic carbocycles. The summed E-state index contributed by atoms with van der Waals surface area (Å²) >= 11 is 0. The van der Waals surface area contributed by atoms with Crippen molar-refractivity contribution in [3.05, 3.63) is 22.1 Å². The summed E-state index contributed by atoms with van der Waals surface area (Å²) in [6.07, 6.45) is 4.84. The summed E-state index contributed by atoms with van der Waals surface area (Å²) in [7, 11) is 0. The minimum atomic E-state index is -0.455. The average molecular weight is 197 g/mol. The van der Waals surface area contributed by atoms with Crippen LogP contribution in [-0.4, -0.2) is 14.5 Å². The molecule has 0 N–H and O–H groups in total. The summed E-state index contributed by atoms with van der Waals surface area (Å²) in [5, 5.41) is 10.4. The summed E-state index contributed by atoms with van der Waals surface area (Å²) < 4.78 is 1.84. The number of hydrogen-bond donors (Lipinski definition) is 0. The van der Waals surface area contributed by atoms with Gasteiger partial charge in [0.15, 0.2) is 0 Å². The minimum Gasteiger partial charge on any atom is -0.358 e. The van der Waals surface area contributed by atoms with E-state index >= 15 is 0 Å². The Bertz CT molecular complexity index is 320. The molecule has 0 spiro atoms. The molecule has 0 aromatic carbocycles. The fourth-order valence-electron chi connectivity index (χ4n) is 1.34. The predicted octanol–water partition coefficient (Wildman–Crippen LogP) is 2.29. The zero-order chi connectivity index (χ0) is 10.6. The standard InChI is InChI=1S/C9H15N3O2/c1-3-4-5-6-11-7-9(12(13)14)10-8(11)2/h7H,3-6H2,1-2H3. The van der Waals surface area contributed by atoms with Gasteiger partial charge in [0, 0.05) is 13.5 Å². The Morgan fingerprint density at radius 1 is 1.57 bits per heavy atom. The van der Waals surface area contributed by atoms with Crippen LogP contribution in [0.4, 0.5) is 5.82 Å². The van der Waals surface area contributed by atoms with Crippen LogP contribution in [0.15, 0.2) is 6.20 Å². The highest BCUT2D eigenvalue weighted by molar-refractivity contribution is 5.16. The molecule has 1 heterocycles. The molecular weight excluding hydrogens is 182 g/mol. The highest BCUT2D eigenvalue weighted by Gasteiger charge is 2.13. The molecule has 5 nitrogen and oxygen atoms in total. The Labute approximate surface area is 82.9 Å². The van der Waals surface area contributed by atoms with Crippen molar-refractivity contribution in [3.63, 3.8) is 0 Å². The van der Waals surface area contributed by atoms with Crippen molar-refractivity contribution in [2.45, 2.75) is 39.7 Å². The zero-order valence-corrected chi connectivity index (χ0v) is 8.56. The Kier molecular flexibility index (Phi) is 3.62. The quantitative estimate of drug-likeness (QED) is 0.413. The highest BCUT2D eigenvalue weighted by Crippen LogP contribution is 2.11. The van der Waals surface area contributed by atoms with Gasteiger partial charge in [0.1, 0.15) is 6.20 Å². The fourth-order valence-corrected chi connectivity index (χ4v) is 1.34. The van der Waals surface area contributed by atoms with E-state index in [1.807, 2.05) is 4.57 Å². The number of nitro groups is 1. The first-order valence-electron chi connectivity index (χ1n) is 4.83. The van der Waals surface area contributed by atoms with Crippen LogP contribution in [0, 0.1) is 17.0 Å². The van der Waals surface area contributed by atoms with E-state index < -0.39 is 4.92 Å². The van der Waals surface area contributed by atoms with Gasteiger partial charge >= 0.3 is 5.82 Å². The second kappa shape index (κ2) is 4.74. The summed E-state index contributed by atoms with van der Waals surface area (Å²) in [5.41, 5.74) is 0. The molecule has 0 radical (unpaired) electrons. The topological polar surface area (TPSA) is 61.0 Å². The van der Waals surface area contributed by atoms with E-state index in [1.54, 1.807) is 6.92 Å². The van der Waals surface area contributed by atoms with Gasteiger partial charge < -0.3 is 14.7 Å². The lowest BCUT2D eigenvalue weighted by atomic mass is 10.2. The van der Waals surface area contributed by atoms with Gasteiger partial charge in [-0.1, -0.05) is 19.8 Å². The maximum atomic E-state index is 10.4. The highest BCUT2D eigenvalue weighted by atomic mass is 16.6. The zero-order valence-electron chi connectivity index (χ0n) is 8.56. The molecule has 1 aromatic rings. The third kappa shape index (κ3) is 2.55. The van der Waals surface area contributed by atoms with Crippen molar-refractivity contribution in [1.82, 2.24) is 9.55 Å². The normalized spacial score (nSPS) is 10.4. The molecule has 14 heavy (non-hydrogen) atoms. The number of aromatic nitrogens is 2. The van der Waals surface area contributed by atoms with Crippen LogP contribution in [0.3, 0.4) is 0 Å². The van der Waals surface area contributed by atoms with Crippen LogP contribution in [0.2, 0.25) is 0 Å². The van der Waals surface area contributed by atoms with E-state index in [1.165, 1.54) is 6.20 Å². The van der Waals surface area contributed by atoms with Crippen LogP contribution in [0.1, 0.15) is 32.0 Å². The second-order valence-corrected chi connectivity index (χ2v) is 3.30. The molecule has 0 atom stereocenters. The van der Waals surface area contributed by atoms with Gasteiger partial charge in [-0.25, -0.2) is 0 Å². The van der Waals surface area contributed by atoms with Crippen LogP contribution in [-0.2, 0) is 6.54 Å². The predicted molar refractivity (Wildman–Crippen MR) is 53.1 cm³/mol. The van der Waals surface area contributed by atoms with Gasteiger partial charge in [-0.05, 0) is 16.3 Å². The Hall–Kier alpha value is -1.39. The Morgan fingerprint density at radius 2 is 2.29 bits per heavy atom. The summed E-state index contributed by atoms with van der Waals surface area (Å²) in [6.45, 7) is 4.74. The largest absolute Gasteiger partial charge is 0.381 e. The molecule has 5 heteroatoms. The first-order valence-corrected chi connectivity index (χ1v) is 4.83. The summed E-state index contributed by atoms with van der Waals surface area (Å²) in [6, 6.07) is 0. The Morgan fingerprint density at radius 3 is 2.79 bits per heavy atom. The number of nitrogens with zero attached hydrogens (tertiary/aromatic N) is 3. The molecule has 0 amide bonds. The van der Waals surface area contributed by atoms with Gasteiger partial charge in [-0.15, -0.1) is 0 Å². The van der Waals surface area contributed by atoms with Gasteiger partial charge in [0.25, 0.3) is 0 Å². The molecule has 0 saturated heterocycles. The molecule has 0 aliphatic heterocycles. The molecule has 1 rings (SSSR count). The fraction of sp³-hybridized carbons (Fsp3) is 0.667. The Balaban J connectivity index is 2.63. The monoisotopic (exact) mass is 197 g/mol. The number of rotatable bonds is 5. The molecule has 0 unspecified atom stereocenters. The van der Waals surface area contributed by atoms with Gasteiger partial charge in [-0.3, -0.25) is 0 Å². The first-order chi connectivity index (χ1) is 6.65. The maximum absolute atomic E-state index is 10.4. The summed E-state index contributed by atoms with van der Waals surface area (Å²) in [4.78, 5) is 13.8. The van der Waals surface area contributed by atoms with E-state index in [-0.39, 0.29) is 5.82 Å². The van der Waals surface area contributed by atoms with Gasteiger partial charge in [0.2, 0.25) is 5.82 Å². The van der Waals surface area contributed by atoms with Crippen molar-refractivity contribution in [3.8, 4) is 0 Å². The second-order valence-electron chi connectivity index (χ2n) is 3.30. The number of aryl methyl sites for hydroxylation is 2. The van der Waals surface area contributed by atoms with Gasteiger partial charge in [-0.2, -0.15) is 0 Å². The van der Waals surface area contributed by atoms with Crippen molar-refractivity contribution in [1.29, 1.82) is 0 Å². The lowest BCUT2D eigenvalue weighted by Gasteiger charge is -1.99. The maximum Gasteiger partial charge on any atom is 0.381 e. The molecule has 78 valence electrons. The van der Waals surface area contributed by atoms with Crippen molar-refractivity contribution in [2.24, 2.45) is 0 Å². The average Bonchev–Trinajstić information content (AvgIpc) is 2.49. The van der Waals surface area contributed by atoms with Gasteiger partial charge in [0.05, 0.1) is 0 Å². The minimum absolute atomic E-state index is 0.0565. The van der Waals surface area contributed by atoms with Crippen LogP contribution < -0.4 is 0 Å². The number of imidazole rings is 1. The first kappa shape index (κ1) is 10.7. The number of hydrogen-bond acceptors (Lipinski definition) is 3. The van der Waals surface area contributed by atoms with Crippen molar-refractivity contribution < 1.29 is 4.92 Å². The lowest BCUT2D eigenvalue weighted by Crippen LogP contribution is -1.98. The number of unbranched alkanes of at least 4 members (excludes halogenated alkanes) is 2. The molecule has 0 fully saturated rings. The van der Waals surface area contributed by atoms with E-state index in [0.717, 1.165) is 25.8 Å². The lowest BCUT2D eigenvalue weighted by molar-refractivity contribution is -0.389.